The Morgan fingerprint density at radius 2 is 1.41 bits per heavy atom. The number of pyridine rings is 1. The number of aryl methyl sites for hydroxylation is 1. The summed E-state index contributed by atoms with van der Waals surface area (Å²) in [5.74, 6) is -5.87. The van der Waals surface area contributed by atoms with Gasteiger partial charge in [0.05, 0.1) is 0 Å². The molecule has 0 aliphatic heterocycles. The van der Waals surface area contributed by atoms with Gasteiger partial charge in [-0.2, -0.15) is 8.78 Å². The molecule has 1 heterocycles. The molecule has 0 N–H and O–H groups in total. The minimum absolute atomic E-state index is 0. The van der Waals surface area contributed by atoms with Crippen LogP contribution in [0.3, 0.4) is 0 Å². The molecule has 7 heteroatoms. The van der Waals surface area contributed by atoms with Crippen molar-refractivity contribution in [3.8, 4) is 16.9 Å². The topological polar surface area (TPSA) is 22.1 Å². The van der Waals surface area contributed by atoms with Crippen LogP contribution in [0.25, 0.3) is 11.1 Å². The number of nitrogens with zero attached hydrogens (tertiary/aromatic N) is 1. The maximum absolute atomic E-state index is 14.2. The van der Waals surface area contributed by atoms with Gasteiger partial charge in [-0.25, -0.2) is 13.2 Å². The average Bonchev–Trinajstić information content (AvgIpc) is 2.60. The van der Waals surface area contributed by atoms with E-state index in [2.05, 4.69) is 9.72 Å². The van der Waals surface area contributed by atoms with Crippen LogP contribution in [0.15, 0.2) is 54.7 Å². The molecule has 0 fully saturated rings. The lowest BCUT2D eigenvalue weighted by atomic mass is 10.1. The molecule has 142 valence electrons. The molecule has 3 rings (SSSR count). The maximum Gasteiger partial charge on any atom is 0.444 e. The molecule has 2 aromatic carbocycles. The molecule has 0 atom stereocenters. The summed E-state index contributed by atoms with van der Waals surface area (Å²) >= 11 is 0. The standard InChI is InChI=1S/C19H12F5NO.CH4/c1-11-2-4-12(5-3-11)13-6-7-17(25-10-13)19(23,24)26-14-8-15(20)18(22)16(21)9-14;/h2-10H,1H3;1H4. The molecular weight excluding hydrogens is 365 g/mol. The first kappa shape index (κ1) is 20.4. The first-order chi connectivity index (χ1) is 12.3. The number of hydrogen-bond acceptors (Lipinski definition) is 2. The van der Waals surface area contributed by atoms with E-state index in [-0.39, 0.29) is 7.43 Å². The highest BCUT2D eigenvalue weighted by Gasteiger charge is 2.37. The normalized spacial score (nSPS) is 11.0. The second kappa shape index (κ2) is 7.73. The lowest BCUT2D eigenvalue weighted by molar-refractivity contribution is -0.188. The zero-order valence-corrected chi connectivity index (χ0v) is 13.4. The van der Waals surface area contributed by atoms with Crippen LogP contribution in [0.4, 0.5) is 22.0 Å². The molecule has 3 aromatic rings. The molecule has 0 aliphatic rings. The lowest BCUT2D eigenvalue weighted by Crippen LogP contribution is -2.23. The van der Waals surface area contributed by atoms with Gasteiger partial charge in [-0.3, -0.25) is 4.98 Å². The highest BCUT2D eigenvalue weighted by Crippen LogP contribution is 2.32. The van der Waals surface area contributed by atoms with Crippen LogP contribution in [0.1, 0.15) is 18.7 Å². The third kappa shape index (κ3) is 4.42. The van der Waals surface area contributed by atoms with Crippen molar-refractivity contribution in [1.82, 2.24) is 4.98 Å². The average molecular weight is 381 g/mol. The van der Waals surface area contributed by atoms with Crippen LogP contribution in [0.5, 0.6) is 5.75 Å². The zero-order valence-electron chi connectivity index (χ0n) is 13.4. The van der Waals surface area contributed by atoms with Crippen molar-refractivity contribution in [2.45, 2.75) is 20.5 Å². The second-order valence-corrected chi connectivity index (χ2v) is 5.62. The van der Waals surface area contributed by atoms with E-state index in [4.69, 9.17) is 0 Å². The van der Waals surface area contributed by atoms with Crippen molar-refractivity contribution in [3.05, 3.63) is 83.4 Å². The van der Waals surface area contributed by atoms with Gasteiger partial charge < -0.3 is 4.74 Å². The van der Waals surface area contributed by atoms with Gasteiger partial charge in [0.25, 0.3) is 0 Å². The van der Waals surface area contributed by atoms with E-state index in [1.165, 1.54) is 12.3 Å². The third-order valence-electron chi connectivity index (χ3n) is 3.65. The molecule has 2 nitrogen and oxygen atoms in total. The van der Waals surface area contributed by atoms with E-state index >= 15 is 0 Å². The molecule has 0 saturated heterocycles. The monoisotopic (exact) mass is 381 g/mol. The molecule has 0 bridgehead atoms. The summed E-state index contributed by atoms with van der Waals surface area (Å²) in [4.78, 5) is 3.67. The highest BCUT2D eigenvalue weighted by molar-refractivity contribution is 5.62. The van der Waals surface area contributed by atoms with Crippen molar-refractivity contribution >= 4 is 0 Å². The molecule has 0 saturated carbocycles. The summed E-state index contributed by atoms with van der Waals surface area (Å²) in [7, 11) is 0. The van der Waals surface area contributed by atoms with E-state index in [1.807, 2.05) is 31.2 Å². The van der Waals surface area contributed by atoms with Crippen molar-refractivity contribution in [1.29, 1.82) is 0 Å². The minimum Gasteiger partial charge on any atom is -0.428 e. The van der Waals surface area contributed by atoms with Crippen LogP contribution in [-0.4, -0.2) is 4.98 Å². The fourth-order valence-electron chi connectivity index (χ4n) is 2.27. The number of ether oxygens (including phenoxy) is 1. The highest BCUT2D eigenvalue weighted by atomic mass is 19.3. The number of aromatic nitrogens is 1. The summed E-state index contributed by atoms with van der Waals surface area (Å²) < 4.78 is 71.8. The zero-order chi connectivity index (χ0) is 18.9. The van der Waals surface area contributed by atoms with Gasteiger partial charge in [-0.15, -0.1) is 0 Å². The Balaban J connectivity index is 0.00000261. The molecular formula is C20H16F5NO. The predicted octanol–water partition coefficient (Wildman–Crippen LogP) is 6.24. The Morgan fingerprint density at radius 1 is 0.852 bits per heavy atom. The SMILES string of the molecule is C.Cc1ccc(-c2ccc(C(F)(F)Oc3cc(F)c(F)c(F)c3)nc2)cc1. The molecule has 0 radical (unpaired) electrons. The van der Waals surface area contributed by atoms with Crippen LogP contribution < -0.4 is 4.74 Å². The molecule has 27 heavy (non-hydrogen) atoms. The van der Waals surface area contributed by atoms with Crippen LogP contribution in [0.2, 0.25) is 0 Å². The number of benzene rings is 2. The number of rotatable bonds is 4. The Hall–Kier alpha value is -2.96. The minimum atomic E-state index is -3.96. The van der Waals surface area contributed by atoms with E-state index in [0.29, 0.717) is 17.7 Å². The summed E-state index contributed by atoms with van der Waals surface area (Å²) in [6.07, 6.45) is -2.72. The lowest BCUT2D eigenvalue weighted by Gasteiger charge is -2.18. The van der Waals surface area contributed by atoms with Gasteiger partial charge in [0, 0.05) is 23.9 Å². The number of halogens is 5. The fourth-order valence-corrected chi connectivity index (χ4v) is 2.27. The van der Waals surface area contributed by atoms with Crippen LogP contribution in [-0.2, 0) is 6.11 Å². The number of hydrogen-bond donors (Lipinski definition) is 0. The summed E-state index contributed by atoms with van der Waals surface area (Å²) in [5, 5.41) is 0. The smallest absolute Gasteiger partial charge is 0.428 e. The number of alkyl halides is 2. The second-order valence-electron chi connectivity index (χ2n) is 5.62. The molecule has 0 unspecified atom stereocenters. The van der Waals surface area contributed by atoms with Gasteiger partial charge in [0.2, 0.25) is 0 Å². The quantitative estimate of drug-likeness (QED) is 0.394. The first-order valence-corrected chi connectivity index (χ1v) is 7.51. The van der Waals surface area contributed by atoms with E-state index < -0.39 is 35.0 Å². The molecule has 1 aromatic heterocycles. The van der Waals surface area contributed by atoms with E-state index in [0.717, 1.165) is 17.2 Å². The summed E-state index contributed by atoms with van der Waals surface area (Å²) in [6.45, 7) is 1.92. The summed E-state index contributed by atoms with van der Waals surface area (Å²) in [6, 6.07) is 10.5. The Labute approximate surface area is 153 Å². The molecule has 0 aliphatic carbocycles. The Bertz CT molecular complexity index is 901. The van der Waals surface area contributed by atoms with E-state index in [9.17, 15) is 22.0 Å². The Morgan fingerprint density at radius 3 is 1.93 bits per heavy atom. The first-order valence-electron chi connectivity index (χ1n) is 7.51. The van der Waals surface area contributed by atoms with Crippen LogP contribution in [0, 0.1) is 24.4 Å². The third-order valence-corrected chi connectivity index (χ3v) is 3.65. The van der Waals surface area contributed by atoms with Crippen molar-refractivity contribution in [2.75, 3.05) is 0 Å². The molecule has 0 amide bonds. The van der Waals surface area contributed by atoms with Gasteiger partial charge in [0.15, 0.2) is 23.1 Å². The maximum atomic E-state index is 14.2. The van der Waals surface area contributed by atoms with Gasteiger partial charge in [0.1, 0.15) is 5.75 Å². The summed E-state index contributed by atoms with van der Waals surface area (Å²) in [5.41, 5.74) is 1.71. The molecule has 0 spiro atoms. The van der Waals surface area contributed by atoms with Gasteiger partial charge in [-0.05, 0) is 18.6 Å². The van der Waals surface area contributed by atoms with Crippen LogP contribution >= 0.6 is 0 Å². The van der Waals surface area contributed by atoms with Crippen molar-refractivity contribution in [2.24, 2.45) is 0 Å². The van der Waals surface area contributed by atoms with E-state index in [1.54, 1.807) is 0 Å². The van der Waals surface area contributed by atoms with Gasteiger partial charge >= 0.3 is 6.11 Å². The largest absolute Gasteiger partial charge is 0.444 e. The van der Waals surface area contributed by atoms with Crippen molar-refractivity contribution < 1.29 is 26.7 Å². The van der Waals surface area contributed by atoms with Crippen molar-refractivity contribution in [3.63, 3.8) is 0 Å². The predicted molar refractivity (Wildman–Crippen MR) is 92.0 cm³/mol. The van der Waals surface area contributed by atoms with Gasteiger partial charge in [-0.1, -0.05) is 43.3 Å². The Kier molecular flexibility index (Phi) is 5.83. The fraction of sp³-hybridized carbons (Fsp3) is 0.150.